The number of rotatable bonds is 18. The fraction of sp³-hybridized carbons (Fsp3) is 0.952. The van der Waals surface area contributed by atoms with Gasteiger partial charge >= 0.3 is 5.97 Å². The maximum absolute atomic E-state index is 11.3. The van der Waals surface area contributed by atoms with Gasteiger partial charge in [-0.05, 0) is 25.7 Å². The van der Waals surface area contributed by atoms with Crippen LogP contribution in [-0.2, 0) is 9.53 Å². The molecule has 0 aliphatic carbocycles. The van der Waals surface area contributed by atoms with Crippen LogP contribution in [0.15, 0.2) is 0 Å². The molecule has 0 aromatic heterocycles. The molecule has 0 saturated heterocycles. The highest BCUT2D eigenvalue weighted by Crippen LogP contribution is 2.15. The smallest absolute Gasteiger partial charge is 0.305 e. The molecule has 0 saturated carbocycles. The first-order valence-corrected chi connectivity index (χ1v) is 10.6. The van der Waals surface area contributed by atoms with Crippen LogP contribution in [0.25, 0.3) is 0 Å². The molecule has 2 unspecified atom stereocenters. The molecule has 0 amide bonds. The Bertz CT molecular complexity index is 294. The van der Waals surface area contributed by atoms with E-state index in [0.29, 0.717) is 25.9 Å². The van der Waals surface area contributed by atoms with Gasteiger partial charge in [0.15, 0.2) is 0 Å². The van der Waals surface area contributed by atoms with E-state index >= 15 is 0 Å². The minimum absolute atomic E-state index is 0.0879. The molecular weight excluding hydrogens is 316 g/mol. The average molecular weight is 359 g/mol. The lowest BCUT2D eigenvalue weighted by Gasteiger charge is -2.17. The van der Waals surface area contributed by atoms with Crippen molar-refractivity contribution in [1.82, 2.24) is 0 Å². The van der Waals surface area contributed by atoms with E-state index < -0.39 is 12.2 Å². The number of ether oxygens (including phenoxy) is 1. The Morgan fingerprint density at radius 3 is 1.72 bits per heavy atom. The summed E-state index contributed by atoms with van der Waals surface area (Å²) in [5, 5.41) is 20.0. The van der Waals surface area contributed by atoms with Crippen molar-refractivity contribution in [3.05, 3.63) is 0 Å². The molecule has 25 heavy (non-hydrogen) atoms. The SMILES string of the molecule is CCCCCCCCC(O)C(O)CCCCCCCC(=O)OCCC. The third-order valence-electron chi connectivity index (χ3n) is 4.65. The molecular formula is C21H42O4. The van der Waals surface area contributed by atoms with Gasteiger partial charge in [0.25, 0.3) is 0 Å². The average Bonchev–Trinajstić information content (AvgIpc) is 2.61. The Morgan fingerprint density at radius 1 is 0.720 bits per heavy atom. The van der Waals surface area contributed by atoms with Crippen LogP contribution in [0.4, 0.5) is 0 Å². The van der Waals surface area contributed by atoms with E-state index in [1.807, 2.05) is 6.92 Å². The monoisotopic (exact) mass is 358 g/mol. The zero-order chi connectivity index (χ0) is 18.8. The Morgan fingerprint density at radius 2 is 1.20 bits per heavy atom. The van der Waals surface area contributed by atoms with Gasteiger partial charge in [-0.15, -0.1) is 0 Å². The lowest BCUT2D eigenvalue weighted by molar-refractivity contribution is -0.143. The summed E-state index contributed by atoms with van der Waals surface area (Å²) in [6.45, 7) is 4.73. The molecule has 0 radical (unpaired) electrons. The van der Waals surface area contributed by atoms with E-state index in [1.165, 1.54) is 25.7 Å². The molecule has 4 nitrogen and oxygen atoms in total. The van der Waals surface area contributed by atoms with Gasteiger partial charge in [0.1, 0.15) is 0 Å². The first-order chi connectivity index (χ1) is 12.1. The standard InChI is InChI=1S/C21H42O4/c1-3-5-6-7-9-12-15-19(22)20(23)16-13-10-8-11-14-17-21(24)25-18-4-2/h19-20,22-23H,3-18H2,1-2H3. The second kappa shape index (κ2) is 18.2. The first-order valence-electron chi connectivity index (χ1n) is 10.6. The van der Waals surface area contributed by atoms with Crippen molar-refractivity contribution in [2.45, 2.75) is 122 Å². The highest BCUT2D eigenvalue weighted by Gasteiger charge is 2.15. The molecule has 0 rings (SSSR count). The number of hydrogen-bond donors (Lipinski definition) is 2. The van der Waals surface area contributed by atoms with Crippen molar-refractivity contribution in [1.29, 1.82) is 0 Å². The van der Waals surface area contributed by atoms with E-state index in [9.17, 15) is 15.0 Å². The lowest BCUT2D eigenvalue weighted by atomic mass is 9.99. The summed E-state index contributed by atoms with van der Waals surface area (Å²) < 4.78 is 5.04. The maximum Gasteiger partial charge on any atom is 0.305 e. The first kappa shape index (κ1) is 24.4. The Balaban J connectivity index is 3.41. The zero-order valence-corrected chi connectivity index (χ0v) is 16.7. The Kier molecular flexibility index (Phi) is 17.7. The number of esters is 1. The molecule has 0 bridgehead atoms. The van der Waals surface area contributed by atoms with Gasteiger partial charge in [-0.1, -0.05) is 78.1 Å². The Hall–Kier alpha value is -0.610. The number of hydrogen-bond acceptors (Lipinski definition) is 4. The van der Waals surface area contributed by atoms with Crippen LogP contribution in [-0.4, -0.2) is 35.0 Å². The van der Waals surface area contributed by atoms with Crippen molar-refractivity contribution < 1.29 is 19.7 Å². The highest BCUT2D eigenvalue weighted by atomic mass is 16.5. The van der Waals surface area contributed by atoms with E-state index in [4.69, 9.17) is 4.74 Å². The molecule has 150 valence electrons. The molecule has 0 aliphatic rings. The number of aliphatic hydroxyl groups excluding tert-OH is 2. The van der Waals surface area contributed by atoms with Gasteiger partial charge in [-0.2, -0.15) is 0 Å². The normalized spacial score (nSPS) is 13.6. The van der Waals surface area contributed by atoms with Gasteiger partial charge in [0.05, 0.1) is 18.8 Å². The molecule has 0 spiro atoms. The number of carbonyl (C=O) groups is 1. The van der Waals surface area contributed by atoms with Crippen LogP contribution in [0, 0.1) is 0 Å². The van der Waals surface area contributed by atoms with Gasteiger partial charge in [-0.3, -0.25) is 4.79 Å². The molecule has 0 aromatic carbocycles. The largest absolute Gasteiger partial charge is 0.466 e. The van der Waals surface area contributed by atoms with Crippen LogP contribution in [0.3, 0.4) is 0 Å². The van der Waals surface area contributed by atoms with Gasteiger partial charge in [0, 0.05) is 6.42 Å². The van der Waals surface area contributed by atoms with Crippen LogP contribution >= 0.6 is 0 Å². The number of unbranched alkanes of at least 4 members (excludes halogenated alkanes) is 9. The van der Waals surface area contributed by atoms with Crippen LogP contribution in [0.1, 0.15) is 110 Å². The van der Waals surface area contributed by atoms with Crippen molar-refractivity contribution >= 4 is 5.97 Å². The van der Waals surface area contributed by atoms with Crippen molar-refractivity contribution in [3.8, 4) is 0 Å². The molecule has 0 heterocycles. The molecule has 0 fully saturated rings. The van der Waals surface area contributed by atoms with E-state index in [1.54, 1.807) is 0 Å². The van der Waals surface area contributed by atoms with E-state index in [0.717, 1.165) is 51.4 Å². The topological polar surface area (TPSA) is 66.8 Å². The summed E-state index contributed by atoms with van der Waals surface area (Å²) in [6, 6.07) is 0. The van der Waals surface area contributed by atoms with Gasteiger partial charge in [0.2, 0.25) is 0 Å². The third kappa shape index (κ3) is 16.6. The van der Waals surface area contributed by atoms with Crippen LogP contribution < -0.4 is 0 Å². The third-order valence-corrected chi connectivity index (χ3v) is 4.65. The zero-order valence-electron chi connectivity index (χ0n) is 16.7. The number of aliphatic hydroxyl groups is 2. The lowest BCUT2D eigenvalue weighted by Crippen LogP contribution is -2.25. The minimum Gasteiger partial charge on any atom is -0.466 e. The van der Waals surface area contributed by atoms with Gasteiger partial charge < -0.3 is 14.9 Å². The minimum atomic E-state index is -0.584. The summed E-state index contributed by atoms with van der Waals surface area (Å²) in [4.78, 5) is 11.3. The predicted molar refractivity (Wildman–Crippen MR) is 104 cm³/mol. The van der Waals surface area contributed by atoms with Crippen LogP contribution in [0.5, 0.6) is 0 Å². The second-order valence-corrected chi connectivity index (χ2v) is 7.22. The predicted octanol–water partition coefficient (Wildman–Crippen LogP) is 5.14. The second-order valence-electron chi connectivity index (χ2n) is 7.22. The molecule has 2 atom stereocenters. The summed E-state index contributed by atoms with van der Waals surface area (Å²) in [6.07, 6.45) is 13.8. The van der Waals surface area contributed by atoms with E-state index in [-0.39, 0.29) is 5.97 Å². The summed E-state index contributed by atoms with van der Waals surface area (Å²) >= 11 is 0. The number of carbonyl (C=O) groups excluding carboxylic acids is 1. The summed E-state index contributed by atoms with van der Waals surface area (Å²) in [5.74, 6) is -0.0879. The van der Waals surface area contributed by atoms with E-state index in [2.05, 4.69) is 6.92 Å². The van der Waals surface area contributed by atoms with Crippen molar-refractivity contribution in [2.75, 3.05) is 6.61 Å². The van der Waals surface area contributed by atoms with Crippen LogP contribution in [0.2, 0.25) is 0 Å². The summed E-state index contributed by atoms with van der Waals surface area (Å²) in [7, 11) is 0. The Labute approximate surface area is 155 Å². The quantitative estimate of drug-likeness (QED) is 0.263. The molecule has 0 aliphatic heterocycles. The maximum atomic E-state index is 11.3. The molecule has 4 heteroatoms. The summed E-state index contributed by atoms with van der Waals surface area (Å²) in [5.41, 5.74) is 0. The highest BCUT2D eigenvalue weighted by molar-refractivity contribution is 5.69. The van der Waals surface area contributed by atoms with Gasteiger partial charge in [-0.25, -0.2) is 0 Å². The fourth-order valence-electron chi connectivity index (χ4n) is 2.96. The molecule has 0 aromatic rings. The van der Waals surface area contributed by atoms with Crippen molar-refractivity contribution in [3.63, 3.8) is 0 Å². The van der Waals surface area contributed by atoms with Crippen molar-refractivity contribution in [2.24, 2.45) is 0 Å². The fourth-order valence-corrected chi connectivity index (χ4v) is 2.96. The molecule has 2 N–H and O–H groups in total.